The number of likely N-dealkylation sites (tertiary alicyclic amines) is 1. The first-order valence-electron chi connectivity index (χ1n) is 9.92. The lowest BCUT2D eigenvalue weighted by atomic mass is 10.0. The molecule has 11 heteroatoms. The number of ether oxygens (including phenoxy) is 1. The van der Waals surface area contributed by atoms with Crippen molar-refractivity contribution in [3.05, 3.63) is 29.0 Å². The van der Waals surface area contributed by atoms with E-state index < -0.39 is 0 Å². The number of carbonyl (C=O) groups is 2. The highest BCUT2D eigenvalue weighted by atomic mass is 35.5. The number of hydrogen-bond donors (Lipinski definition) is 2. The Morgan fingerprint density at radius 3 is 2.70 bits per heavy atom. The maximum Gasteiger partial charge on any atom is 0.255 e. The van der Waals surface area contributed by atoms with Crippen molar-refractivity contribution in [1.82, 2.24) is 35.7 Å². The van der Waals surface area contributed by atoms with Crippen LogP contribution in [0.15, 0.2) is 18.5 Å². The molecule has 2 amide bonds. The molecule has 1 saturated heterocycles. The molecule has 1 fully saturated rings. The van der Waals surface area contributed by atoms with Crippen molar-refractivity contribution in [3.63, 3.8) is 0 Å². The van der Waals surface area contributed by atoms with Crippen molar-refractivity contribution in [2.75, 3.05) is 33.3 Å². The van der Waals surface area contributed by atoms with Crippen molar-refractivity contribution in [1.29, 1.82) is 0 Å². The van der Waals surface area contributed by atoms with Crippen LogP contribution in [-0.4, -0.2) is 76.3 Å². The van der Waals surface area contributed by atoms with Gasteiger partial charge in [-0.25, -0.2) is 0 Å². The summed E-state index contributed by atoms with van der Waals surface area (Å²) in [6.07, 6.45) is 3.87. The van der Waals surface area contributed by atoms with Gasteiger partial charge in [0.05, 0.1) is 29.9 Å². The SMILES string of the molecule is CCCNC(=O)CN1CCC(NC(=O)c2cc(Cl)c(-n3cnnn3)cc2OC)CC1. The molecule has 30 heavy (non-hydrogen) atoms. The van der Waals surface area contributed by atoms with Gasteiger partial charge in [0, 0.05) is 31.7 Å². The number of nitrogens with one attached hydrogen (secondary N) is 2. The summed E-state index contributed by atoms with van der Waals surface area (Å²) < 4.78 is 6.79. The van der Waals surface area contributed by atoms with Gasteiger partial charge in [0.15, 0.2) is 0 Å². The van der Waals surface area contributed by atoms with Crippen LogP contribution in [0.1, 0.15) is 36.5 Å². The lowest BCUT2D eigenvalue weighted by molar-refractivity contribution is -0.122. The minimum Gasteiger partial charge on any atom is -0.496 e. The highest BCUT2D eigenvalue weighted by molar-refractivity contribution is 6.33. The summed E-state index contributed by atoms with van der Waals surface area (Å²) in [6, 6.07) is 3.21. The van der Waals surface area contributed by atoms with Gasteiger partial charge in [-0.3, -0.25) is 14.5 Å². The Hall–Kier alpha value is -2.72. The second kappa shape index (κ2) is 10.4. The van der Waals surface area contributed by atoms with E-state index in [4.69, 9.17) is 16.3 Å². The van der Waals surface area contributed by atoms with Gasteiger partial charge in [-0.05, 0) is 35.8 Å². The van der Waals surface area contributed by atoms with Crippen molar-refractivity contribution in [2.24, 2.45) is 0 Å². The van der Waals surface area contributed by atoms with Crippen LogP contribution in [0.5, 0.6) is 5.75 Å². The summed E-state index contributed by atoms with van der Waals surface area (Å²) >= 11 is 6.34. The van der Waals surface area contributed by atoms with E-state index in [0.29, 0.717) is 35.1 Å². The van der Waals surface area contributed by atoms with Crippen LogP contribution >= 0.6 is 11.6 Å². The van der Waals surface area contributed by atoms with E-state index in [9.17, 15) is 9.59 Å². The lowest BCUT2D eigenvalue weighted by Gasteiger charge is -2.32. The first kappa shape index (κ1) is 22.0. The Labute approximate surface area is 179 Å². The number of hydrogen-bond acceptors (Lipinski definition) is 7. The number of halogens is 1. The number of carbonyl (C=O) groups excluding carboxylic acids is 2. The zero-order chi connectivity index (χ0) is 21.5. The van der Waals surface area contributed by atoms with Gasteiger partial charge in [-0.1, -0.05) is 18.5 Å². The minimum absolute atomic E-state index is 0.0233. The maximum atomic E-state index is 12.8. The number of tetrazole rings is 1. The molecule has 0 saturated carbocycles. The summed E-state index contributed by atoms with van der Waals surface area (Å²) in [6.45, 7) is 4.61. The van der Waals surface area contributed by atoms with E-state index in [0.717, 1.165) is 32.4 Å². The fourth-order valence-corrected chi connectivity index (χ4v) is 3.61. The Morgan fingerprint density at radius 2 is 2.07 bits per heavy atom. The Bertz CT molecular complexity index is 867. The summed E-state index contributed by atoms with van der Waals surface area (Å²) in [5, 5.41) is 17.3. The average Bonchev–Trinajstić information content (AvgIpc) is 3.28. The molecule has 0 aliphatic carbocycles. The van der Waals surface area contributed by atoms with Gasteiger partial charge >= 0.3 is 0 Å². The first-order valence-corrected chi connectivity index (χ1v) is 10.3. The van der Waals surface area contributed by atoms with E-state index in [1.807, 2.05) is 6.92 Å². The normalized spacial score (nSPS) is 15.0. The second-order valence-electron chi connectivity index (χ2n) is 7.13. The highest BCUT2D eigenvalue weighted by Gasteiger charge is 2.24. The van der Waals surface area contributed by atoms with E-state index in [1.165, 1.54) is 18.1 Å². The molecule has 162 valence electrons. The van der Waals surface area contributed by atoms with Crippen molar-refractivity contribution >= 4 is 23.4 Å². The van der Waals surface area contributed by atoms with Crippen LogP contribution in [-0.2, 0) is 4.79 Å². The van der Waals surface area contributed by atoms with Crippen LogP contribution in [0.25, 0.3) is 5.69 Å². The molecule has 2 aromatic rings. The van der Waals surface area contributed by atoms with Gasteiger partial charge in [-0.2, -0.15) is 4.68 Å². The molecule has 1 aliphatic heterocycles. The summed E-state index contributed by atoms with van der Waals surface area (Å²) in [5.41, 5.74) is 0.866. The third-order valence-electron chi connectivity index (χ3n) is 4.97. The first-order chi connectivity index (χ1) is 14.5. The number of piperidine rings is 1. The molecule has 0 radical (unpaired) electrons. The van der Waals surface area contributed by atoms with Gasteiger partial charge in [-0.15, -0.1) is 5.10 Å². The zero-order valence-corrected chi connectivity index (χ0v) is 17.9. The third-order valence-corrected chi connectivity index (χ3v) is 5.27. The molecule has 1 aromatic carbocycles. The van der Waals surface area contributed by atoms with Crippen LogP contribution in [0.4, 0.5) is 0 Å². The molecule has 0 spiro atoms. The van der Waals surface area contributed by atoms with Gasteiger partial charge < -0.3 is 15.4 Å². The fourth-order valence-electron chi connectivity index (χ4n) is 3.36. The molecule has 1 aromatic heterocycles. The molecular formula is C19H26ClN7O3. The third kappa shape index (κ3) is 5.45. The highest BCUT2D eigenvalue weighted by Crippen LogP contribution is 2.29. The fraction of sp³-hybridized carbons (Fsp3) is 0.526. The number of nitrogens with zero attached hydrogens (tertiary/aromatic N) is 5. The maximum absolute atomic E-state index is 12.8. The minimum atomic E-state index is -0.254. The Kier molecular flexibility index (Phi) is 7.58. The Morgan fingerprint density at radius 1 is 1.30 bits per heavy atom. The molecule has 0 unspecified atom stereocenters. The number of rotatable bonds is 8. The quantitative estimate of drug-likeness (QED) is 0.636. The lowest BCUT2D eigenvalue weighted by Crippen LogP contribution is -2.47. The van der Waals surface area contributed by atoms with Crippen LogP contribution in [0.3, 0.4) is 0 Å². The zero-order valence-electron chi connectivity index (χ0n) is 17.1. The van der Waals surface area contributed by atoms with Crippen LogP contribution in [0, 0.1) is 0 Å². The number of aromatic nitrogens is 4. The van der Waals surface area contributed by atoms with Gasteiger partial charge in [0.25, 0.3) is 5.91 Å². The molecule has 2 N–H and O–H groups in total. The van der Waals surface area contributed by atoms with Crippen molar-refractivity contribution in [3.8, 4) is 11.4 Å². The second-order valence-corrected chi connectivity index (χ2v) is 7.54. The van der Waals surface area contributed by atoms with Crippen LogP contribution < -0.4 is 15.4 Å². The van der Waals surface area contributed by atoms with Crippen molar-refractivity contribution in [2.45, 2.75) is 32.2 Å². The summed E-state index contributed by atoms with van der Waals surface area (Å²) in [7, 11) is 1.49. The number of amides is 2. The molecule has 0 bridgehead atoms. The Balaban J connectivity index is 1.59. The predicted octanol–water partition coefficient (Wildman–Crippen LogP) is 1.04. The molecular weight excluding hydrogens is 410 g/mol. The number of methoxy groups -OCH3 is 1. The van der Waals surface area contributed by atoms with E-state index in [-0.39, 0.29) is 17.9 Å². The predicted molar refractivity (Wildman–Crippen MR) is 111 cm³/mol. The average molecular weight is 436 g/mol. The van der Waals surface area contributed by atoms with Gasteiger partial charge in [0.2, 0.25) is 5.91 Å². The standard InChI is InChI=1S/C19H26ClN7O3/c1-3-6-21-18(28)11-26-7-4-13(5-8-26)23-19(29)14-9-15(20)16(10-17(14)30-2)27-12-22-24-25-27/h9-10,12-13H,3-8,11H2,1-2H3,(H,21,28)(H,23,29). The topological polar surface area (TPSA) is 114 Å². The summed E-state index contributed by atoms with van der Waals surface area (Å²) in [5.74, 6) is 0.171. The summed E-state index contributed by atoms with van der Waals surface area (Å²) in [4.78, 5) is 26.8. The molecule has 1 aliphatic rings. The number of benzene rings is 1. The van der Waals surface area contributed by atoms with E-state index in [1.54, 1.807) is 12.1 Å². The van der Waals surface area contributed by atoms with E-state index in [2.05, 4.69) is 31.1 Å². The monoisotopic (exact) mass is 435 g/mol. The van der Waals surface area contributed by atoms with E-state index >= 15 is 0 Å². The van der Waals surface area contributed by atoms with Crippen molar-refractivity contribution < 1.29 is 14.3 Å². The van der Waals surface area contributed by atoms with Crippen LogP contribution in [0.2, 0.25) is 5.02 Å². The molecule has 10 nitrogen and oxygen atoms in total. The molecule has 0 atom stereocenters. The van der Waals surface area contributed by atoms with Gasteiger partial charge in [0.1, 0.15) is 12.1 Å². The molecule has 2 heterocycles. The molecule has 3 rings (SSSR count). The smallest absolute Gasteiger partial charge is 0.255 e. The largest absolute Gasteiger partial charge is 0.496 e.